The Balaban J connectivity index is 2.18. The minimum atomic E-state index is -4.42. The van der Waals surface area contributed by atoms with Crippen molar-refractivity contribution in [3.63, 3.8) is 0 Å². The molecule has 0 spiro atoms. The van der Waals surface area contributed by atoms with E-state index in [9.17, 15) is 13.2 Å². The fourth-order valence-electron chi connectivity index (χ4n) is 1.74. The molecule has 114 valence electrons. The van der Waals surface area contributed by atoms with Crippen molar-refractivity contribution in [2.24, 2.45) is 0 Å². The average Bonchev–Trinajstić information content (AvgIpc) is 2.90. The van der Waals surface area contributed by atoms with E-state index in [-0.39, 0.29) is 5.95 Å². The first-order valence-electron chi connectivity index (χ1n) is 6.57. The SMILES string of the molecule is CCCNCc1cnc(-n2cc(C(F)(F)F)cn2)nc1C. The molecule has 0 radical (unpaired) electrons. The van der Waals surface area contributed by atoms with E-state index in [1.807, 2.05) is 0 Å². The van der Waals surface area contributed by atoms with Crippen molar-refractivity contribution in [2.75, 3.05) is 6.54 Å². The van der Waals surface area contributed by atoms with E-state index in [1.165, 1.54) is 0 Å². The highest BCUT2D eigenvalue weighted by molar-refractivity contribution is 5.23. The second kappa shape index (κ2) is 6.21. The molecule has 2 aromatic rings. The van der Waals surface area contributed by atoms with Crippen LogP contribution in [0, 0.1) is 6.92 Å². The summed E-state index contributed by atoms with van der Waals surface area (Å²) in [6.07, 6.45) is -0.155. The van der Waals surface area contributed by atoms with Crippen molar-refractivity contribution in [2.45, 2.75) is 33.0 Å². The van der Waals surface area contributed by atoms with Gasteiger partial charge in [0.1, 0.15) is 0 Å². The molecule has 21 heavy (non-hydrogen) atoms. The zero-order chi connectivity index (χ0) is 15.5. The number of halogens is 3. The van der Waals surface area contributed by atoms with Crippen LogP contribution in [0.15, 0.2) is 18.6 Å². The molecule has 5 nitrogen and oxygen atoms in total. The van der Waals surface area contributed by atoms with Crippen molar-refractivity contribution >= 4 is 0 Å². The lowest BCUT2D eigenvalue weighted by atomic mass is 10.2. The van der Waals surface area contributed by atoms with Gasteiger partial charge in [0.2, 0.25) is 0 Å². The van der Waals surface area contributed by atoms with Crippen LogP contribution in [0.5, 0.6) is 0 Å². The van der Waals surface area contributed by atoms with Crippen LogP contribution in [0.4, 0.5) is 13.2 Å². The Kier molecular flexibility index (Phi) is 4.56. The van der Waals surface area contributed by atoms with Crippen LogP contribution in [0.3, 0.4) is 0 Å². The summed E-state index contributed by atoms with van der Waals surface area (Å²) in [6, 6.07) is 0. The molecule has 0 aliphatic carbocycles. The first-order valence-corrected chi connectivity index (χ1v) is 6.57. The van der Waals surface area contributed by atoms with Crippen LogP contribution in [-0.2, 0) is 12.7 Å². The zero-order valence-corrected chi connectivity index (χ0v) is 11.8. The summed E-state index contributed by atoms with van der Waals surface area (Å²) < 4.78 is 38.6. The van der Waals surface area contributed by atoms with E-state index >= 15 is 0 Å². The molecule has 2 heterocycles. The molecular formula is C13H16F3N5. The number of aryl methyl sites for hydroxylation is 1. The van der Waals surface area contributed by atoms with Gasteiger partial charge in [-0.2, -0.15) is 18.3 Å². The van der Waals surface area contributed by atoms with Gasteiger partial charge in [0.15, 0.2) is 0 Å². The van der Waals surface area contributed by atoms with Gasteiger partial charge < -0.3 is 5.32 Å². The van der Waals surface area contributed by atoms with Crippen molar-refractivity contribution in [1.29, 1.82) is 0 Å². The normalized spacial score (nSPS) is 11.9. The Morgan fingerprint density at radius 3 is 2.62 bits per heavy atom. The van der Waals surface area contributed by atoms with Gasteiger partial charge in [0, 0.05) is 30.2 Å². The van der Waals surface area contributed by atoms with Crippen molar-refractivity contribution in [1.82, 2.24) is 25.1 Å². The molecular weight excluding hydrogens is 283 g/mol. The average molecular weight is 299 g/mol. The maximum atomic E-state index is 12.5. The van der Waals surface area contributed by atoms with Crippen LogP contribution in [0.1, 0.15) is 30.2 Å². The topological polar surface area (TPSA) is 55.6 Å². The molecule has 0 bridgehead atoms. The largest absolute Gasteiger partial charge is 0.419 e. The molecule has 0 atom stereocenters. The van der Waals surface area contributed by atoms with Gasteiger partial charge in [0.25, 0.3) is 5.95 Å². The standard InChI is InChI=1S/C13H16F3N5/c1-3-4-17-5-10-6-18-12(20-9(10)2)21-8-11(7-19-21)13(14,15)16/h6-8,17H,3-5H2,1-2H3. The van der Waals surface area contributed by atoms with Crippen LogP contribution in [-0.4, -0.2) is 26.3 Å². The van der Waals surface area contributed by atoms with Gasteiger partial charge in [-0.3, -0.25) is 0 Å². The molecule has 0 aromatic carbocycles. The van der Waals surface area contributed by atoms with E-state index in [0.29, 0.717) is 12.2 Å². The fourth-order valence-corrected chi connectivity index (χ4v) is 1.74. The Morgan fingerprint density at radius 1 is 1.29 bits per heavy atom. The first-order chi connectivity index (χ1) is 9.91. The van der Waals surface area contributed by atoms with Crippen LogP contribution in [0.25, 0.3) is 5.95 Å². The van der Waals surface area contributed by atoms with Crippen molar-refractivity contribution in [3.8, 4) is 5.95 Å². The monoisotopic (exact) mass is 299 g/mol. The number of hydrogen-bond acceptors (Lipinski definition) is 4. The maximum absolute atomic E-state index is 12.5. The van der Waals surface area contributed by atoms with E-state index in [1.54, 1.807) is 13.1 Å². The summed E-state index contributed by atoms with van der Waals surface area (Å²) in [4.78, 5) is 8.27. The molecule has 0 aliphatic rings. The van der Waals surface area contributed by atoms with Crippen LogP contribution < -0.4 is 5.32 Å². The minimum Gasteiger partial charge on any atom is -0.313 e. The molecule has 0 saturated carbocycles. The van der Waals surface area contributed by atoms with Gasteiger partial charge in [-0.1, -0.05) is 6.92 Å². The molecule has 8 heteroatoms. The molecule has 1 N–H and O–H groups in total. The molecule has 0 unspecified atom stereocenters. The van der Waals surface area contributed by atoms with Gasteiger partial charge >= 0.3 is 6.18 Å². The highest BCUT2D eigenvalue weighted by Crippen LogP contribution is 2.28. The summed E-state index contributed by atoms with van der Waals surface area (Å²) in [7, 11) is 0. The Bertz CT molecular complexity index is 606. The summed E-state index contributed by atoms with van der Waals surface area (Å²) in [5, 5.41) is 6.88. The molecule has 2 rings (SSSR count). The lowest BCUT2D eigenvalue weighted by Gasteiger charge is -2.07. The summed E-state index contributed by atoms with van der Waals surface area (Å²) in [5.74, 6) is 0.127. The lowest BCUT2D eigenvalue weighted by molar-refractivity contribution is -0.137. The molecule has 0 amide bonds. The highest BCUT2D eigenvalue weighted by atomic mass is 19.4. The molecule has 0 fully saturated rings. The molecule has 2 aromatic heterocycles. The fraction of sp³-hybridized carbons (Fsp3) is 0.462. The number of nitrogens with one attached hydrogen (secondary N) is 1. The third-order valence-electron chi connectivity index (χ3n) is 2.93. The third-order valence-corrected chi connectivity index (χ3v) is 2.93. The van der Waals surface area contributed by atoms with Crippen molar-refractivity contribution in [3.05, 3.63) is 35.4 Å². The Hall–Kier alpha value is -1.96. The molecule has 0 aliphatic heterocycles. The summed E-state index contributed by atoms with van der Waals surface area (Å²) in [6.45, 7) is 5.37. The number of rotatable bonds is 5. The number of aromatic nitrogens is 4. The maximum Gasteiger partial charge on any atom is 0.419 e. The van der Waals surface area contributed by atoms with E-state index in [0.717, 1.165) is 35.6 Å². The van der Waals surface area contributed by atoms with Crippen LogP contribution in [0.2, 0.25) is 0 Å². The van der Waals surface area contributed by atoms with Gasteiger partial charge in [-0.15, -0.1) is 0 Å². The van der Waals surface area contributed by atoms with Gasteiger partial charge in [-0.05, 0) is 19.9 Å². The Morgan fingerprint density at radius 2 is 2.05 bits per heavy atom. The zero-order valence-electron chi connectivity index (χ0n) is 11.8. The predicted molar refractivity (Wildman–Crippen MR) is 70.9 cm³/mol. The summed E-state index contributed by atoms with van der Waals surface area (Å²) >= 11 is 0. The first kappa shape index (κ1) is 15.4. The Labute approximate surface area is 120 Å². The number of nitrogens with zero attached hydrogens (tertiary/aromatic N) is 4. The number of alkyl halides is 3. The second-order valence-corrected chi connectivity index (χ2v) is 4.63. The van der Waals surface area contributed by atoms with Gasteiger partial charge in [0.05, 0.1) is 11.8 Å². The van der Waals surface area contributed by atoms with E-state index in [4.69, 9.17) is 0 Å². The predicted octanol–water partition coefficient (Wildman–Crippen LogP) is 2.49. The van der Waals surface area contributed by atoms with E-state index in [2.05, 4.69) is 27.3 Å². The smallest absolute Gasteiger partial charge is 0.313 e. The van der Waals surface area contributed by atoms with Gasteiger partial charge in [-0.25, -0.2) is 14.6 Å². The highest BCUT2D eigenvalue weighted by Gasteiger charge is 2.32. The second-order valence-electron chi connectivity index (χ2n) is 4.63. The lowest BCUT2D eigenvalue weighted by Crippen LogP contribution is -2.16. The quantitative estimate of drug-likeness (QED) is 0.862. The van der Waals surface area contributed by atoms with Crippen molar-refractivity contribution < 1.29 is 13.2 Å². The summed E-state index contributed by atoms with van der Waals surface area (Å²) in [5.41, 5.74) is 0.806. The third kappa shape index (κ3) is 3.78. The van der Waals surface area contributed by atoms with E-state index < -0.39 is 11.7 Å². The van der Waals surface area contributed by atoms with Crippen LogP contribution >= 0.6 is 0 Å². The molecule has 0 saturated heterocycles. The number of hydrogen-bond donors (Lipinski definition) is 1. The minimum absolute atomic E-state index is 0.127.